The largest absolute Gasteiger partial charge is 0.433 e. The van der Waals surface area contributed by atoms with Gasteiger partial charge in [0.2, 0.25) is 0 Å². The average Bonchev–Trinajstić information content (AvgIpc) is 3.36. The van der Waals surface area contributed by atoms with Crippen molar-refractivity contribution < 1.29 is 13.2 Å². The lowest BCUT2D eigenvalue weighted by atomic mass is 10.2. The minimum Gasteiger partial charge on any atom is -0.360 e. The molecule has 0 radical (unpaired) electrons. The van der Waals surface area contributed by atoms with Crippen LogP contribution in [0.3, 0.4) is 0 Å². The number of rotatable bonds is 5. The second kappa shape index (κ2) is 6.14. The first kappa shape index (κ1) is 15.7. The summed E-state index contributed by atoms with van der Waals surface area (Å²) < 4.78 is 39.4. The van der Waals surface area contributed by atoms with Crippen LogP contribution in [0.4, 0.5) is 19.0 Å². The van der Waals surface area contributed by atoms with E-state index in [1.54, 1.807) is 24.1 Å². The summed E-state index contributed by atoms with van der Waals surface area (Å²) in [7, 11) is 1.77. The van der Waals surface area contributed by atoms with E-state index in [1.807, 2.05) is 0 Å². The predicted octanol–water partition coefficient (Wildman–Crippen LogP) is 3.79. The van der Waals surface area contributed by atoms with Crippen molar-refractivity contribution in [2.75, 3.05) is 18.5 Å². The lowest BCUT2D eigenvalue weighted by Gasteiger charge is -2.20. The van der Waals surface area contributed by atoms with Crippen LogP contribution >= 0.6 is 0 Å². The Hall–Kier alpha value is -2.18. The molecule has 4 nitrogen and oxygen atoms in total. The number of nitrogens with zero attached hydrogens (tertiary/aromatic N) is 4. The molecule has 2 aromatic heterocycles. The number of hydrogen-bond donors (Lipinski definition) is 0. The maximum atomic E-state index is 13.1. The summed E-state index contributed by atoms with van der Waals surface area (Å²) in [6.07, 6.45) is 1.93. The van der Waals surface area contributed by atoms with Crippen LogP contribution in [0.2, 0.25) is 0 Å². The van der Waals surface area contributed by atoms with E-state index in [0.29, 0.717) is 23.8 Å². The van der Waals surface area contributed by atoms with Crippen molar-refractivity contribution in [1.29, 1.82) is 0 Å². The second-order valence-corrected chi connectivity index (χ2v) is 5.82. The maximum Gasteiger partial charge on any atom is 0.433 e. The van der Waals surface area contributed by atoms with Gasteiger partial charge in [0.1, 0.15) is 5.82 Å². The third kappa shape index (κ3) is 3.97. The summed E-state index contributed by atoms with van der Waals surface area (Å²) >= 11 is 0. The van der Waals surface area contributed by atoms with Crippen LogP contribution in [0.5, 0.6) is 0 Å². The van der Waals surface area contributed by atoms with Gasteiger partial charge in [-0.05, 0) is 24.5 Å². The Morgan fingerprint density at radius 1 is 1.17 bits per heavy atom. The molecule has 7 heteroatoms. The summed E-state index contributed by atoms with van der Waals surface area (Å²) in [5, 5.41) is 0. The topological polar surface area (TPSA) is 41.9 Å². The highest BCUT2D eigenvalue weighted by molar-refractivity contribution is 5.57. The smallest absolute Gasteiger partial charge is 0.360 e. The van der Waals surface area contributed by atoms with Crippen LogP contribution in [-0.2, 0) is 6.18 Å². The Bertz CT molecular complexity index is 669. The van der Waals surface area contributed by atoms with E-state index in [0.717, 1.165) is 12.5 Å². The van der Waals surface area contributed by atoms with Gasteiger partial charge < -0.3 is 4.90 Å². The van der Waals surface area contributed by atoms with Gasteiger partial charge in [-0.25, -0.2) is 9.97 Å². The SMILES string of the molecule is CN(CCC1CC1)c1cc(C(F)(F)F)nc(-c2ccncc2)n1. The van der Waals surface area contributed by atoms with Gasteiger partial charge >= 0.3 is 6.18 Å². The molecule has 1 saturated carbocycles. The molecule has 2 aromatic rings. The zero-order valence-corrected chi connectivity index (χ0v) is 12.7. The Morgan fingerprint density at radius 2 is 1.87 bits per heavy atom. The summed E-state index contributed by atoms with van der Waals surface area (Å²) in [5.74, 6) is 1.07. The summed E-state index contributed by atoms with van der Waals surface area (Å²) in [4.78, 5) is 13.6. The minimum absolute atomic E-state index is 0.0653. The Balaban J connectivity index is 1.94. The molecule has 122 valence electrons. The predicted molar refractivity (Wildman–Crippen MR) is 80.9 cm³/mol. The molecule has 0 aromatic carbocycles. The number of halogens is 3. The highest BCUT2D eigenvalue weighted by Gasteiger charge is 2.34. The molecule has 3 rings (SSSR count). The molecule has 1 aliphatic carbocycles. The first-order valence-electron chi connectivity index (χ1n) is 7.51. The first-order valence-corrected chi connectivity index (χ1v) is 7.51. The zero-order valence-electron chi connectivity index (χ0n) is 12.7. The van der Waals surface area contributed by atoms with E-state index in [-0.39, 0.29) is 5.82 Å². The molecular weight excluding hydrogens is 305 g/mol. The van der Waals surface area contributed by atoms with Crippen LogP contribution in [0.1, 0.15) is 25.0 Å². The van der Waals surface area contributed by atoms with Gasteiger partial charge in [-0.3, -0.25) is 4.98 Å². The van der Waals surface area contributed by atoms with Crippen LogP contribution in [-0.4, -0.2) is 28.5 Å². The fourth-order valence-electron chi connectivity index (χ4n) is 2.30. The van der Waals surface area contributed by atoms with Gasteiger partial charge in [-0.2, -0.15) is 13.2 Å². The molecule has 0 spiro atoms. The third-order valence-electron chi connectivity index (χ3n) is 3.90. The molecule has 0 aliphatic heterocycles. The van der Waals surface area contributed by atoms with Gasteiger partial charge in [0.05, 0.1) is 0 Å². The molecule has 0 bridgehead atoms. The Morgan fingerprint density at radius 3 is 2.48 bits per heavy atom. The first-order chi connectivity index (χ1) is 10.9. The molecule has 0 unspecified atom stereocenters. The van der Waals surface area contributed by atoms with Crippen LogP contribution in [0.25, 0.3) is 11.4 Å². The molecular formula is C16H17F3N4. The van der Waals surface area contributed by atoms with Gasteiger partial charge in [-0.1, -0.05) is 12.8 Å². The van der Waals surface area contributed by atoms with Crippen molar-refractivity contribution in [3.63, 3.8) is 0 Å². The number of hydrogen-bond acceptors (Lipinski definition) is 4. The molecule has 0 atom stereocenters. The number of alkyl halides is 3. The van der Waals surface area contributed by atoms with E-state index >= 15 is 0 Å². The molecule has 1 aliphatic rings. The van der Waals surface area contributed by atoms with Gasteiger partial charge in [-0.15, -0.1) is 0 Å². The van der Waals surface area contributed by atoms with Gasteiger partial charge in [0.15, 0.2) is 11.5 Å². The standard InChI is InChI=1S/C16H17F3N4/c1-23(9-6-11-2-3-11)14-10-13(16(17,18)19)21-15(22-14)12-4-7-20-8-5-12/h4-5,7-8,10-11H,2-3,6,9H2,1H3. The summed E-state index contributed by atoms with van der Waals surface area (Å²) in [6, 6.07) is 4.21. The number of anilines is 1. The third-order valence-corrected chi connectivity index (χ3v) is 3.90. The zero-order chi connectivity index (χ0) is 16.4. The Labute approximate surface area is 132 Å². The molecule has 0 N–H and O–H groups in total. The summed E-state index contributed by atoms with van der Waals surface area (Å²) in [5.41, 5.74) is -0.407. The monoisotopic (exact) mass is 322 g/mol. The average molecular weight is 322 g/mol. The normalized spacial score (nSPS) is 14.8. The van der Waals surface area contributed by atoms with Crippen molar-refractivity contribution in [3.8, 4) is 11.4 Å². The van der Waals surface area contributed by atoms with Gasteiger partial charge in [0.25, 0.3) is 0 Å². The van der Waals surface area contributed by atoms with Gasteiger partial charge in [0, 0.05) is 37.6 Å². The minimum atomic E-state index is -4.50. The van der Waals surface area contributed by atoms with E-state index in [9.17, 15) is 13.2 Å². The fourth-order valence-corrected chi connectivity index (χ4v) is 2.30. The molecule has 23 heavy (non-hydrogen) atoms. The van der Waals surface area contributed by atoms with E-state index in [1.165, 1.54) is 25.2 Å². The molecule has 1 fully saturated rings. The van der Waals surface area contributed by atoms with Crippen molar-refractivity contribution in [3.05, 3.63) is 36.3 Å². The molecule has 2 heterocycles. The quantitative estimate of drug-likeness (QED) is 0.840. The summed E-state index contributed by atoms with van der Waals surface area (Å²) in [6.45, 7) is 0.689. The number of pyridine rings is 1. The number of aromatic nitrogens is 3. The van der Waals surface area contributed by atoms with Crippen molar-refractivity contribution in [2.45, 2.75) is 25.4 Å². The van der Waals surface area contributed by atoms with Crippen molar-refractivity contribution >= 4 is 5.82 Å². The lowest BCUT2D eigenvalue weighted by Crippen LogP contribution is -2.22. The van der Waals surface area contributed by atoms with Crippen LogP contribution in [0.15, 0.2) is 30.6 Å². The van der Waals surface area contributed by atoms with Crippen LogP contribution in [0, 0.1) is 5.92 Å². The van der Waals surface area contributed by atoms with E-state index < -0.39 is 11.9 Å². The highest BCUT2D eigenvalue weighted by Crippen LogP contribution is 2.34. The van der Waals surface area contributed by atoms with Crippen molar-refractivity contribution in [1.82, 2.24) is 15.0 Å². The second-order valence-electron chi connectivity index (χ2n) is 5.82. The van der Waals surface area contributed by atoms with E-state index in [4.69, 9.17) is 0 Å². The lowest BCUT2D eigenvalue weighted by molar-refractivity contribution is -0.141. The van der Waals surface area contributed by atoms with E-state index in [2.05, 4.69) is 15.0 Å². The Kier molecular flexibility index (Phi) is 4.19. The fraction of sp³-hybridized carbons (Fsp3) is 0.438. The molecule has 0 saturated heterocycles. The highest BCUT2D eigenvalue weighted by atomic mass is 19.4. The maximum absolute atomic E-state index is 13.1. The van der Waals surface area contributed by atoms with Crippen LogP contribution < -0.4 is 4.90 Å². The molecule has 0 amide bonds. The van der Waals surface area contributed by atoms with Crippen molar-refractivity contribution in [2.24, 2.45) is 5.92 Å².